The van der Waals surface area contributed by atoms with Crippen LogP contribution in [0.25, 0.3) is 0 Å². The Labute approximate surface area is 119 Å². The van der Waals surface area contributed by atoms with Crippen molar-refractivity contribution in [3.63, 3.8) is 0 Å². The second-order valence-electron chi connectivity index (χ2n) is 7.17. The van der Waals surface area contributed by atoms with Gasteiger partial charge in [0.2, 0.25) is 0 Å². The van der Waals surface area contributed by atoms with Gasteiger partial charge in [0.25, 0.3) is 5.91 Å². The molecule has 0 radical (unpaired) electrons. The van der Waals surface area contributed by atoms with Crippen LogP contribution in [0.2, 0.25) is 0 Å². The van der Waals surface area contributed by atoms with E-state index in [0.29, 0.717) is 17.4 Å². The van der Waals surface area contributed by atoms with E-state index < -0.39 is 0 Å². The third-order valence-electron chi connectivity index (χ3n) is 5.46. The highest BCUT2D eigenvalue weighted by atomic mass is 16.2. The standard InChI is InChI=1S/C15H22N4O/c1-14(2)9-6-7-15(3,8-9)13(14)17-12(20)10-4-5-11(16)19-18-10/h4-5,9,13H,6-8H2,1-3H3,(H2,16,19)(H,17,20). The largest absolute Gasteiger partial charge is 0.382 e. The Balaban J connectivity index is 1.80. The zero-order valence-electron chi connectivity index (χ0n) is 12.3. The highest BCUT2D eigenvalue weighted by Crippen LogP contribution is 2.62. The van der Waals surface area contributed by atoms with Gasteiger partial charge in [-0.05, 0) is 48.1 Å². The van der Waals surface area contributed by atoms with E-state index in [1.807, 2.05) is 0 Å². The Morgan fingerprint density at radius 1 is 1.35 bits per heavy atom. The lowest BCUT2D eigenvalue weighted by molar-refractivity contribution is 0.0732. The van der Waals surface area contributed by atoms with Crippen molar-refractivity contribution >= 4 is 11.7 Å². The van der Waals surface area contributed by atoms with Crippen molar-refractivity contribution in [1.29, 1.82) is 0 Å². The molecular formula is C15H22N4O. The summed E-state index contributed by atoms with van der Waals surface area (Å²) < 4.78 is 0. The van der Waals surface area contributed by atoms with Crippen LogP contribution in [0.1, 0.15) is 50.5 Å². The Kier molecular flexibility index (Phi) is 2.78. The van der Waals surface area contributed by atoms with E-state index in [2.05, 4.69) is 36.3 Å². The zero-order valence-corrected chi connectivity index (χ0v) is 12.3. The van der Waals surface area contributed by atoms with Crippen molar-refractivity contribution in [2.24, 2.45) is 16.7 Å². The number of rotatable bonds is 2. The summed E-state index contributed by atoms with van der Waals surface area (Å²) in [6.07, 6.45) is 3.68. The summed E-state index contributed by atoms with van der Waals surface area (Å²) in [5, 5.41) is 10.8. The predicted molar refractivity (Wildman–Crippen MR) is 76.9 cm³/mol. The summed E-state index contributed by atoms with van der Waals surface area (Å²) in [6, 6.07) is 3.43. The number of aromatic nitrogens is 2. The number of hydrogen-bond acceptors (Lipinski definition) is 4. The van der Waals surface area contributed by atoms with Crippen LogP contribution in [0, 0.1) is 16.7 Å². The molecule has 2 saturated carbocycles. The highest BCUT2D eigenvalue weighted by molar-refractivity contribution is 5.92. The fourth-order valence-electron chi connectivity index (χ4n) is 4.33. The molecule has 2 fully saturated rings. The van der Waals surface area contributed by atoms with Gasteiger partial charge in [-0.3, -0.25) is 4.79 Å². The molecule has 5 nitrogen and oxygen atoms in total. The van der Waals surface area contributed by atoms with Gasteiger partial charge in [0.15, 0.2) is 5.69 Å². The van der Waals surface area contributed by atoms with Gasteiger partial charge in [-0.15, -0.1) is 10.2 Å². The lowest BCUT2D eigenvalue weighted by Gasteiger charge is -2.43. The molecule has 5 heteroatoms. The van der Waals surface area contributed by atoms with E-state index >= 15 is 0 Å². The van der Waals surface area contributed by atoms with Crippen LogP contribution >= 0.6 is 0 Å². The lowest BCUT2D eigenvalue weighted by atomic mass is 9.68. The van der Waals surface area contributed by atoms with Gasteiger partial charge in [0.1, 0.15) is 5.82 Å². The molecule has 0 spiro atoms. The quantitative estimate of drug-likeness (QED) is 0.864. The van der Waals surface area contributed by atoms with E-state index in [9.17, 15) is 4.79 Å². The van der Waals surface area contributed by atoms with Crippen molar-refractivity contribution in [2.75, 3.05) is 5.73 Å². The number of nitrogens with zero attached hydrogens (tertiary/aromatic N) is 2. The molecule has 108 valence electrons. The number of nitrogen functional groups attached to an aromatic ring is 1. The fourth-order valence-corrected chi connectivity index (χ4v) is 4.33. The third-order valence-corrected chi connectivity index (χ3v) is 5.46. The van der Waals surface area contributed by atoms with Crippen LogP contribution in [0.5, 0.6) is 0 Å². The molecule has 3 N–H and O–H groups in total. The Hall–Kier alpha value is -1.65. The van der Waals surface area contributed by atoms with E-state index in [4.69, 9.17) is 5.73 Å². The summed E-state index contributed by atoms with van der Waals surface area (Å²) in [5.74, 6) is 0.883. The normalized spacial score (nSPS) is 34.1. The number of nitrogens with one attached hydrogen (secondary N) is 1. The lowest BCUT2D eigenvalue weighted by Crippen LogP contribution is -2.52. The van der Waals surface area contributed by atoms with Gasteiger partial charge in [0.05, 0.1) is 0 Å². The average Bonchev–Trinajstić information content (AvgIpc) is 2.86. The maximum Gasteiger partial charge on any atom is 0.272 e. The molecule has 0 saturated heterocycles. The molecular weight excluding hydrogens is 252 g/mol. The van der Waals surface area contributed by atoms with Crippen molar-refractivity contribution < 1.29 is 4.79 Å². The summed E-state index contributed by atoms with van der Waals surface area (Å²) in [4.78, 5) is 12.4. The van der Waals surface area contributed by atoms with Gasteiger partial charge in [-0.1, -0.05) is 20.8 Å². The average molecular weight is 274 g/mol. The maximum atomic E-state index is 12.4. The van der Waals surface area contributed by atoms with Crippen molar-refractivity contribution in [3.05, 3.63) is 17.8 Å². The minimum absolute atomic E-state index is 0.143. The van der Waals surface area contributed by atoms with E-state index in [0.717, 1.165) is 0 Å². The molecule has 1 aromatic heterocycles. The molecule has 3 unspecified atom stereocenters. The molecule has 3 rings (SSSR count). The molecule has 2 aliphatic rings. The number of nitrogens with two attached hydrogens (primary N) is 1. The van der Waals surface area contributed by atoms with E-state index in [1.54, 1.807) is 12.1 Å². The maximum absolute atomic E-state index is 12.4. The number of anilines is 1. The summed E-state index contributed by atoms with van der Waals surface area (Å²) in [5.41, 5.74) is 6.19. The third kappa shape index (κ3) is 1.87. The molecule has 1 aromatic rings. The topological polar surface area (TPSA) is 80.9 Å². The van der Waals surface area contributed by atoms with Gasteiger partial charge >= 0.3 is 0 Å². The summed E-state index contributed by atoms with van der Waals surface area (Å²) >= 11 is 0. The van der Waals surface area contributed by atoms with Gasteiger partial charge in [0, 0.05) is 6.04 Å². The monoisotopic (exact) mass is 274 g/mol. The van der Waals surface area contributed by atoms with Crippen molar-refractivity contribution in [3.8, 4) is 0 Å². The minimum Gasteiger partial charge on any atom is -0.382 e. The molecule has 2 aliphatic carbocycles. The SMILES string of the molecule is CC12CCC(C1)C(C)(C)C2NC(=O)c1ccc(N)nn1. The summed E-state index contributed by atoms with van der Waals surface area (Å²) in [7, 11) is 0. The minimum atomic E-state index is -0.149. The summed E-state index contributed by atoms with van der Waals surface area (Å²) in [6.45, 7) is 6.82. The van der Waals surface area contributed by atoms with Crippen LogP contribution in [0.15, 0.2) is 12.1 Å². The smallest absolute Gasteiger partial charge is 0.272 e. The van der Waals surface area contributed by atoms with Crippen LogP contribution in [-0.4, -0.2) is 22.1 Å². The number of hydrogen-bond donors (Lipinski definition) is 2. The van der Waals surface area contributed by atoms with E-state index in [-0.39, 0.29) is 22.8 Å². The molecule has 3 atom stereocenters. The number of amides is 1. The molecule has 0 aliphatic heterocycles. The van der Waals surface area contributed by atoms with E-state index in [1.165, 1.54) is 19.3 Å². The van der Waals surface area contributed by atoms with Crippen LogP contribution in [-0.2, 0) is 0 Å². The van der Waals surface area contributed by atoms with Gasteiger partial charge in [-0.25, -0.2) is 0 Å². The first-order valence-electron chi connectivity index (χ1n) is 7.23. The van der Waals surface area contributed by atoms with Crippen LogP contribution < -0.4 is 11.1 Å². The second kappa shape index (κ2) is 4.17. The molecule has 1 amide bonds. The first-order chi connectivity index (χ1) is 9.33. The van der Waals surface area contributed by atoms with Crippen molar-refractivity contribution in [2.45, 2.75) is 46.1 Å². The molecule has 1 heterocycles. The van der Waals surface area contributed by atoms with Crippen molar-refractivity contribution in [1.82, 2.24) is 15.5 Å². The number of carbonyl (C=O) groups is 1. The first kappa shape index (κ1) is 13.3. The number of carbonyl (C=O) groups excluding carboxylic acids is 1. The molecule has 2 bridgehead atoms. The van der Waals surface area contributed by atoms with Crippen LogP contribution in [0.4, 0.5) is 5.82 Å². The highest BCUT2D eigenvalue weighted by Gasteiger charge is 2.59. The fraction of sp³-hybridized carbons (Fsp3) is 0.667. The second-order valence-corrected chi connectivity index (χ2v) is 7.17. The first-order valence-corrected chi connectivity index (χ1v) is 7.23. The van der Waals surface area contributed by atoms with Gasteiger partial charge in [-0.2, -0.15) is 0 Å². The Morgan fingerprint density at radius 2 is 2.10 bits per heavy atom. The zero-order chi connectivity index (χ0) is 14.5. The predicted octanol–water partition coefficient (Wildman–Crippen LogP) is 2.00. The Bertz CT molecular complexity index is 535. The van der Waals surface area contributed by atoms with Crippen LogP contribution in [0.3, 0.4) is 0 Å². The Morgan fingerprint density at radius 3 is 2.65 bits per heavy atom. The molecule has 0 aromatic carbocycles. The molecule has 20 heavy (non-hydrogen) atoms. The number of fused-ring (bicyclic) bond motifs is 2. The van der Waals surface area contributed by atoms with Gasteiger partial charge < -0.3 is 11.1 Å².